The lowest BCUT2D eigenvalue weighted by atomic mass is 9.96. The van der Waals surface area contributed by atoms with Crippen molar-refractivity contribution in [3.63, 3.8) is 0 Å². The summed E-state index contributed by atoms with van der Waals surface area (Å²) in [4.78, 5) is 5.20. The number of ether oxygens (including phenoxy) is 1. The van der Waals surface area contributed by atoms with Crippen LogP contribution in [0, 0.1) is 0 Å². The van der Waals surface area contributed by atoms with E-state index in [1.807, 2.05) is 11.3 Å². The van der Waals surface area contributed by atoms with Crippen LogP contribution in [-0.4, -0.2) is 28.8 Å². The molecule has 1 saturated heterocycles. The largest absolute Gasteiger partial charge is 0.373 e. The molecule has 1 aliphatic heterocycles. The first-order valence-corrected chi connectivity index (χ1v) is 10.0. The highest BCUT2D eigenvalue weighted by atomic mass is 32.1. The summed E-state index contributed by atoms with van der Waals surface area (Å²) in [5.41, 5.74) is 4.10. The van der Waals surface area contributed by atoms with Crippen LogP contribution < -0.4 is 0 Å². The fourth-order valence-electron chi connectivity index (χ4n) is 3.88. The first-order valence-electron chi connectivity index (χ1n) is 9.23. The number of hydrogen-bond acceptors (Lipinski definition) is 4. The Labute approximate surface area is 148 Å². The molecule has 5 heteroatoms. The zero-order chi connectivity index (χ0) is 16.4. The topological polar surface area (TPSA) is 41.1 Å². The average molecular weight is 346 g/mol. The molecule has 0 spiro atoms. The van der Waals surface area contributed by atoms with Crippen molar-refractivity contribution >= 4 is 11.3 Å². The van der Waals surface area contributed by atoms with Gasteiger partial charge in [-0.15, -0.1) is 11.3 Å². The second-order valence-electron chi connectivity index (χ2n) is 7.17. The Morgan fingerprint density at radius 3 is 3.00 bits per heavy atom. The van der Waals surface area contributed by atoms with Crippen LogP contribution in [0.4, 0.5) is 0 Å². The molecule has 2 aromatic heterocycles. The van der Waals surface area contributed by atoms with E-state index < -0.39 is 0 Å². The third-order valence-corrected chi connectivity index (χ3v) is 6.33. The maximum Gasteiger partial charge on any atom is 0.0916 e. The number of aromatic amines is 1. The standard InChI is InChI=1S/C19H27N3OS/c1-22(13-17-15-6-2-3-7-16(15)20-21-17)12-14-9-10-19(24-14)18-8-4-5-11-23-18/h9-10,18H,2-8,11-13H2,1H3,(H,20,21)/t18-/m0/s1. The zero-order valence-corrected chi connectivity index (χ0v) is 15.3. The van der Waals surface area contributed by atoms with E-state index in [2.05, 4.69) is 34.3 Å². The smallest absolute Gasteiger partial charge is 0.0916 e. The summed E-state index contributed by atoms with van der Waals surface area (Å²) < 4.78 is 5.91. The summed E-state index contributed by atoms with van der Waals surface area (Å²) in [7, 11) is 2.19. The van der Waals surface area contributed by atoms with Gasteiger partial charge in [0.2, 0.25) is 0 Å². The van der Waals surface area contributed by atoms with Gasteiger partial charge in [-0.3, -0.25) is 10.00 Å². The molecule has 0 aromatic carbocycles. The molecule has 0 radical (unpaired) electrons. The Morgan fingerprint density at radius 2 is 2.12 bits per heavy atom. The van der Waals surface area contributed by atoms with E-state index in [1.54, 1.807) is 0 Å². The molecular formula is C19H27N3OS. The minimum atomic E-state index is 0.334. The monoisotopic (exact) mass is 345 g/mol. The number of thiophene rings is 1. The van der Waals surface area contributed by atoms with Gasteiger partial charge in [-0.2, -0.15) is 5.10 Å². The highest BCUT2D eigenvalue weighted by molar-refractivity contribution is 7.12. The van der Waals surface area contributed by atoms with Crippen LogP contribution in [0.3, 0.4) is 0 Å². The Hall–Kier alpha value is -1.17. The molecule has 3 heterocycles. The van der Waals surface area contributed by atoms with Crippen molar-refractivity contribution in [2.45, 2.75) is 64.1 Å². The number of H-pyrrole nitrogens is 1. The number of nitrogens with one attached hydrogen (secondary N) is 1. The number of nitrogens with zero attached hydrogens (tertiary/aromatic N) is 2. The molecule has 1 aliphatic carbocycles. The summed E-state index contributed by atoms with van der Waals surface area (Å²) in [6, 6.07) is 4.54. The molecule has 0 amide bonds. The molecule has 0 saturated carbocycles. The SMILES string of the molecule is CN(Cc1ccc([C@@H]2CCCCO2)s1)Cc1n[nH]c2c1CCCC2. The Balaban J connectivity index is 1.37. The summed E-state index contributed by atoms with van der Waals surface area (Å²) >= 11 is 1.91. The maximum atomic E-state index is 5.91. The summed E-state index contributed by atoms with van der Waals surface area (Å²) in [5.74, 6) is 0. The van der Waals surface area contributed by atoms with E-state index in [0.717, 1.165) is 19.7 Å². The van der Waals surface area contributed by atoms with Crippen LogP contribution in [0.2, 0.25) is 0 Å². The van der Waals surface area contributed by atoms with Crippen LogP contribution in [0.25, 0.3) is 0 Å². The van der Waals surface area contributed by atoms with Crippen LogP contribution in [-0.2, 0) is 30.7 Å². The van der Waals surface area contributed by atoms with E-state index in [-0.39, 0.29) is 0 Å². The van der Waals surface area contributed by atoms with Crippen LogP contribution in [0.5, 0.6) is 0 Å². The first kappa shape index (κ1) is 16.3. The van der Waals surface area contributed by atoms with Gasteiger partial charge < -0.3 is 4.74 Å². The maximum absolute atomic E-state index is 5.91. The summed E-state index contributed by atoms with van der Waals surface area (Å²) in [6.07, 6.45) is 8.98. The Kier molecular flexibility index (Phi) is 5.01. The van der Waals surface area contributed by atoms with Crippen molar-refractivity contribution in [2.24, 2.45) is 0 Å². The van der Waals surface area contributed by atoms with Gasteiger partial charge in [0.05, 0.1) is 11.8 Å². The van der Waals surface area contributed by atoms with Gasteiger partial charge in [0.1, 0.15) is 0 Å². The lowest BCUT2D eigenvalue weighted by Gasteiger charge is -2.21. The van der Waals surface area contributed by atoms with Gasteiger partial charge in [-0.25, -0.2) is 0 Å². The third kappa shape index (κ3) is 3.58. The second-order valence-corrected chi connectivity index (χ2v) is 8.37. The fraction of sp³-hybridized carbons (Fsp3) is 0.632. The van der Waals surface area contributed by atoms with Crippen LogP contribution in [0.1, 0.15) is 64.9 Å². The highest BCUT2D eigenvalue weighted by Gasteiger charge is 2.20. The van der Waals surface area contributed by atoms with Gasteiger partial charge in [0.15, 0.2) is 0 Å². The average Bonchev–Trinajstić information content (AvgIpc) is 3.23. The predicted octanol–water partition coefficient (Wildman–Crippen LogP) is 4.22. The molecule has 2 aliphatic rings. The first-order chi connectivity index (χ1) is 11.8. The van der Waals surface area contributed by atoms with Gasteiger partial charge in [-0.05, 0) is 69.7 Å². The quantitative estimate of drug-likeness (QED) is 0.882. The Bertz CT molecular complexity index is 672. The van der Waals surface area contributed by atoms with Crippen molar-refractivity contribution in [3.05, 3.63) is 38.8 Å². The molecule has 1 atom stereocenters. The van der Waals surface area contributed by atoms with Crippen molar-refractivity contribution in [3.8, 4) is 0 Å². The normalized spacial score (nSPS) is 21.2. The second kappa shape index (κ2) is 7.38. The van der Waals surface area contributed by atoms with E-state index in [9.17, 15) is 0 Å². The predicted molar refractivity (Wildman–Crippen MR) is 97.3 cm³/mol. The van der Waals surface area contributed by atoms with E-state index in [0.29, 0.717) is 6.10 Å². The van der Waals surface area contributed by atoms with Crippen molar-refractivity contribution in [1.29, 1.82) is 0 Å². The molecule has 4 nitrogen and oxygen atoms in total. The van der Waals surface area contributed by atoms with E-state index in [4.69, 9.17) is 4.74 Å². The van der Waals surface area contributed by atoms with Gasteiger partial charge in [-0.1, -0.05) is 0 Å². The third-order valence-electron chi connectivity index (χ3n) is 5.17. The zero-order valence-electron chi connectivity index (χ0n) is 14.5. The van der Waals surface area contributed by atoms with Crippen LogP contribution in [0.15, 0.2) is 12.1 Å². The molecule has 0 unspecified atom stereocenters. The number of rotatable bonds is 5. The number of hydrogen-bond donors (Lipinski definition) is 1. The fourth-order valence-corrected chi connectivity index (χ4v) is 5.05. The lowest BCUT2D eigenvalue weighted by Crippen LogP contribution is -2.18. The minimum absolute atomic E-state index is 0.334. The van der Waals surface area contributed by atoms with E-state index in [1.165, 1.54) is 71.7 Å². The molecule has 1 N–H and O–H groups in total. The minimum Gasteiger partial charge on any atom is -0.373 e. The molecule has 4 rings (SSSR count). The van der Waals surface area contributed by atoms with Gasteiger partial charge in [0.25, 0.3) is 0 Å². The summed E-state index contributed by atoms with van der Waals surface area (Å²) in [5, 5.41) is 7.83. The summed E-state index contributed by atoms with van der Waals surface area (Å²) in [6.45, 7) is 2.83. The molecule has 2 aromatic rings. The number of aryl methyl sites for hydroxylation is 1. The number of fused-ring (bicyclic) bond motifs is 1. The van der Waals surface area contributed by atoms with Gasteiger partial charge in [0, 0.05) is 35.1 Å². The molecule has 1 fully saturated rings. The van der Waals surface area contributed by atoms with Crippen molar-refractivity contribution in [2.75, 3.05) is 13.7 Å². The Morgan fingerprint density at radius 1 is 1.21 bits per heavy atom. The number of aromatic nitrogens is 2. The molecule has 0 bridgehead atoms. The highest BCUT2D eigenvalue weighted by Crippen LogP contribution is 2.33. The van der Waals surface area contributed by atoms with Crippen LogP contribution >= 0.6 is 11.3 Å². The molecule has 130 valence electrons. The lowest BCUT2D eigenvalue weighted by molar-refractivity contribution is 0.0172. The van der Waals surface area contributed by atoms with Crippen molar-refractivity contribution < 1.29 is 4.74 Å². The van der Waals surface area contributed by atoms with E-state index >= 15 is 0 Å². The van der Waals surface area contributed by atoms with Gasteiger partial charge >= 0.3 is 0 Å². The molecular weight excluding hydrogens is 318 g/mol. The molecule has 24 heavy (non-hydrogen) atoms. The van der Waals surface area contributed by atoms with Crippen molar-refractivity contribution in [1.82, 2.24) is 15.1 Å².